The fraction of sp³-hybridized carbons (Fsp3) is 1.00. The van der Waals surface area contributed by atoms with Crippen molar-refractivity contribution in [2.45, 2.75) is 58.2 Å². The molecular weight excluding hydrogens is 212 g/mol. The predicted molar refractivity (Wildman–Crippen MR) is 71.3 cm³/mol. The number of morpholine rings is 1. The normalized spacial score (nSPS) is 38.5. The van der Waals surface area contributed by atoms with E-state index in [2.05, 4.69) is 38.0 Å². The molecule has 1 N–H and O–H groups in total. The van der Waals surface area contributed by atoms with Crippen LogP contribution in [0.5, 0.6) is 0 Å². The van der Waals surface area contributed by atoms with Crippen LogP contribution >= 0.6 is 0 Å². The maximum absolute atomic E-state index is 5.62. The first-order valence-corrected chi connectivity index (χ1v) is 7.11. The van der Waals surface area contributed by atoms with E-state index in [-0.39, 0.29) is 0 Å². The van der Waals surface area contributed by atoms with Crippen molar-refractivity contribution in [1.29, 1.82) is 0 Å². The van der Waals surface area contributed by atoms with E-state index in [1.165, 1.54) is 19.3 Å². The second-order valence-corrected chi connectivity index (χ2v) is 6.24. The van der Waals surface area contributed by atoms with Crippen LogP contribution in [0.3, 0.4) is 0 Å². The predicted octanol–water partition coefficient (Wildman–Crippen LogP) is 1.87. The molecule has 1 saturated carbocycles. The highest BCUT2D eigenvalue weighted by molar-refractivity contribution is 5.02. The summed E-state index contributed by atoms with van der Waals surface area (Å²) in [5.41, 5.74) is 0.427. The molecule has 0 aromatic rings. The van der Waals surface area contributed by atoms with Crippen LogP contribution < -0.4 is 5.32 Å². The van der Waals surface area contributed by atoms with Crippen molar-refractivity contribution in [3.05, 3.63) is 0 Å². The number of rotatable bonds is 3. The molecule has 100 valence electrons. The molecule has 0 aromatic carbocycles. The largest absolute Gasteiger partial charge is 0.378 e. The minimum absolute atomic E-state index is 0.427. The summed E-state index contributed by atoms with van der Waals surface area (Å²) < 4.78 is 5.62. The lowest BCUT2D eigenvalue weighted by Crippen LogP contribution is -2.57. The molecular formula is C14H28N2O. The van der Waals surface area contributed by atoms with Crippen molar-refractivity contribution < 1.29 is 4.74 Å². The van der Waals surface area contributed by atoms with Gasteiger partial charge >= 0.3 is 0 Å². The van der Waals surface area contributed by atoms with Gasteiger partial charge in [0.25, 0.3) is 0 Å². The van der Waals surface area contributed by atoms with Gasteiger partial charge in [-0.1, -0.05) is 20.8 Å². The van der Waals surface area contributed by atoms with E-state index in [1.54, 1.807) is 0 Å². The molecule has 3 atom stereocenters. The number of hydrogen-bond acceptors (Lipinski definition) is 3. The van der Waals surface area contributed by atoms with E-state index in [1.807, 2.05) is 0 Å². The van der Waals surface area contributed by atoms with E-state index >= 15 is 0 Å². The van der Waals surface area contributed by atoms with Gasteiger partial charge in [-0.15, -0.1) is 0 Å². The van der Waals surface area contributed by atoms with Crippen LogP contribution in [-0.2, 0) is 4.74 Å². The van der Waals surface area contributed by atoms with Crippen molar-refractivity contribution in [3.8, 4) is 0 Å². The van der Waals surface area contributed by atoms with Crippen LogP contribution in [0.15, 0.2) is 0 Å². The third-order valence-corrected chi connectivity index (χ3v) is 4.79. The Morgan fingerprint density at radius 3 is 2.82 bits per heavy atom. The summed E-state index contributed by atoms with van der Waals surface area (Å²) in [4.78, 5) is 2.71. The molecule has 2 fully saturated rings. The molecule has 0 radical (unpaired) electrons. The van der Waals surface area contributed by atoms with Crippen LogP contribution in [0.2, 0.25) is 0 Å². The summed E-state index contributed by atoms with van der Waals surface area (Å²) in [6.45, 7) is 10.0. The van der Waals surface area contributed by atoms with Gasteiger partial charge in [-0.25, -0.2) is 0 Å². The summed E-state index contributed by atoms with van der Waals surface area (Å²) >= 11 is 0. The fourth-order valence-corrected chi connectivity index (χ4v) is 3.76. The van der Waals surface area contributed by atoms with Gasteiger partial charge in [-0.05, 0) is 31.7 Å². The molecule has 0 amide bonds. The summed E-state index contributed by atoms with van der Waals surface area (Å²) in [6.07, 6.45) is 3.86. The van der Waals surface area contributed by atoms with Gasteiger partial charge in [0, 0.05) is 24.7 Å². The van der Waals surface area contributed by atoms with Gasteiger partial charge in [-0.2, -0.15) is 0 Å². The third-order valence-electron chi connectivity index (χ3n) is 4.79. The molecule has 3 heteroatoms. The van der Waals surface area contributed by atoms with Gasteiger partial charge in [0.05, 0.1) is 13.2 Å². The van der Waals surface area contributed by atoms with E-state index in [0.717, 1.165) is 19.8 Å². The molecule has 1 heterocycles. The zero-order chi connectivity index (χ0) is 12.5. The van der Waals surface area contributed by atoms with E-state index in [4.69, 9.17) is 4.74 Å². The molecule has 2 aliphatic rings. The number of nitrogens with one attached hydrogen (secondary N) is 1. The van der Waals surface area contributed by atoms with Crippen molar-refractivity contribution in [2.24, 2.45) is 5.41 Å². The minimum Gasteiger partial charge on any atom is -0.378 e. The van der Waals surface area contributed by atoms with Gasteiger partial charge in [-0.3, -0.25) is 4.90 Å². The van der Waals surface area contributed by atoms with Gasteiger partial charge in [0.1, 0.15) is 0 Å². The van der Waals surface area contributed by atoms with Crippen LogP contribution in [0.1, 0.15) is 40.0 Å². The van der Waals surface area contributed by atoms with Crippen LogP contribution in [-0.4, -0.2) is 49.8 Å². The van der Waals surface area contributed by atoms with E-state index < -0.39 is 0 Å². The summed E-state index contributed by atoms with van der Waals surface area (Å²) in [5, 5.41) is 3.56. The Hall–Kier alpha value is -0.120. The SMILES string of the molecule is CCC1COCCN1C1CCC(C)(C)C1NC. The lowest BCUT2D eigenvalue weighted by atomic mass is 9.86. The quantitative estimate of drug-likeness (QED) is 0.815. The molecule has 3 nitrogen and oxygen atoms in total. The Bertz CT molecular complexity index is 255. The average molecular weight is 240 g/mol. The average Bonchev–Trinajstić information content (AvgIpc) is 2.64. The topological polar surface area (TPSA) is 24.5 Å². The molecule has 0 spiro atoms. The Morgan fingerprint density at radius 2 is 2.18 bits per heavy atom. The Labute approximate surface area is 106 Å². The van der Waals surface area contributed by atoms with Gasteiger partial charge < -0.3 is 10.1 Å². The monoisotopic (exact) mass is 240 g/mol. The van der Waals surface area contributed by atoms with Crippen molar-refractivity contribution >= 4 is 0 Å². The molecule has 1 saturated heterocycles. The highest BCUT2D eigenvalue weighted by Crippen LogP contribution is 2.40. The van der Waals surface area contributed by atoms with Crippen LogP contribution in [0.25, 0.3) is 0 Å². The molecule has 0 aromatic heterocycles. The van der Waals surface area contributed by atoms with Crippen LogP contribution in [0, 0.1) is 5.41 Å². The van der Waals surface area contributed by atoms with E-state index in [9.17, 15) is 0 Å². The number of ether oxygens (including phenoxy) is 1. The standard InChI is InChI=1S/C14H28N2O/c1-5-11-10-17-9-8-16(11)12-6-7-14(2,3)13(12)15-4/h11-13,15H,5-10H2,1-4H3. The molecule has 17 heavy (non-hydrogen) atoms. The lowest BCUT2D eigenvalue weighted by molar-refractivity contribution is -0.0363. The number of hydrogen-bond donors (Lipinski definition) is 1. The van der Waals surface area contributed by atoms with Gasteiger partial charge in [0.15, 0.2) is 0 Å². The maximum Gasteiger partial charge on any atom is 0.0622 e. The second-order valence-electron chi connectivity index (χ2n) is 6.24. The Morgan fingerprint density at radius 1 is 1.41 bits per heavy atom. The smallest absolute Gasteiger partial charge is 0.0622 e. The second kappa shape index (κ2) is 5.25. The summed E-state index contributed by atoms with van der Waals surface area (Å²) in [5.74, 6) is 0. The van der Waals surface area contributed by atoms with Crippen molar-refractivity contribution in [3.63, 3.8) is 0 Å². The van der Waals surface area contributed by atoms with Crippen LogP contribution in [0.4, 0.5) is 0 Å². The first kappa shape index (κ1) is 13.3. The third kappa shape index (κ3) is 2.51. The fourth-order valence-electron chi connectivity index (χ4n) is 3.76. The summed E-state index contributed by atoms with van der Waals surface area (Å²) in [6, 6.07) is 1.94. The first-order chi connectivity index (χ1) is 8.10. The summed E-state index contributed by atoms with van der Waals surface area (Å²) in [7, 11) is 2.12. The highest BCUT2D eigenvalue weighted by Gasteiger charge is 2.45. The lowest BCUT2D eigenvalue weighted by Gasteiger charge is -2.43. The van der Waals surface area contributed by atoms with Gasteiger partial charge in [0.2, 0.25) is 0 Å². The minimum atomic E-state index is 0.427. The molecule has 3 unspecified atom stereocenters. The Balaban J connectivity index is 2.10. The number of likely N-dealkylation sites (N-methyl/N-ethyl adjacent to an activating group) is 1. The molecule has 0 bridgehead atoms. The molecule has 1 aliphatic carbocycles. The highest BCUT2D eigenvalue weighted by atomic mass is 16.5. The van der Waals surface area contributed by atoms with E-state index in [0.29, 0.717) is 23.5 Å². The first-order valence-electron chi connectivity index (χ1n) is 7.11. The Kier molecular flexibility index (Phi) is 4.11. The van der Waals surface area contributed by atoms with Crippen molar-refractivity contribution in [2.75, 3.05) is 26.8 Å². The zero-order valence-corrected chi connectivity index (χ0v) is 11.8. The van der Waals surface area contributed by atoms with Crippen molar-refractivity contribution in [1.82, 2.24) is 10.2 Å². The molecule has 1 aliphatic heterocycles. The zero-order valence-electron chi connectivity index (χ0n) is 11.8. The maximum atomic E-state index is 5.62. The number of nitrogens with zero attached hydrogens (tertiary/aromatic N) is 1. The molecule has 2 rings (SSSR count).